The van der Waals surface area contributed by atoms with Crippen molar-refractivity contribution >= 4 is 63.1 Å². The molecule has 0 saturated carbocycles. The topological polar surface area (TPSA) is 41.1 Å². The van der Waals surface area contributed by atoms with Crippen LogP contribution >= 0.6 is 45.8 Å². The highest BCUT2D eigenvalue weighted by Gasteiger charge is 2.30. The minimum atomic E-state index is -0.485. The Kier molecular flexibility index (Phi) is 3.79. The molecule has 1 amide bonds. The Morgan fingerprint density at radius 1 is 1.15 bits per heavy atom. The van der Waals surface area contributed by atoms with Crippen molar-refractivity contribution in [3.63, 3.8) is 0 Å². The molecular formula is C14H9Cl2IN2O. The van der Waals surface area contributed by atoms with Gasteiger partial charge in [0.25, 0.3) is 5.91 Å². The van der Waals surface area contributed by atoms with Crippen LogP contribution in [0.25, 0.3) is 0 Å². The zero-order valence-electron chi connectivity index (χ0n) is 10.1. The summed E-state index contributed by atoms with van der Waals surface area (Å²) in [5, 5.41) is 7.17. The Morgan fingerprint density at radius 3 is 2.70 bits per heavy atom. The first-order chi connectivity index (χ1) is 9.54. The maximum atomic E-state index is 12.1. The van der Waals surface area contributed by atoms with Crippen LogP contribution in [0.5, 0.6) is 0 Å². The van der Waals surface area contributed by atoms with E-state index in [1.807, 2.05) is 18.2 Å². The molecule has 0 aromatic heterocycles. The van der Waals surface area contributed by atoms with Crippen molar-refractivity contribution in [2.24, 2.45) is 0 Å². The van der Waals surface area contributed by atoms with E-state index in [4.69, 9.17) is 23.2 Å². The molecular weight excluding hydrogens is 410 g/mol. The fourth-order valence-corrected chi connectivity index (χ4v) is 3.23. The van der Waals surface area contributed by atoms with E-state index >= 15 is 0 Å². The summed E-state index contributed by atoms with van der Waals surface area (Å²) in [6.45, 7) is 0. The van der Waals surface area contributed by atoms with Gasteiger partial charge in [-0.2, -0.15) is 0 Å². The summed E-state index contributed by atoms with van der Waals surface area (Å²) < 4.78 is 1.04. The van der Waals surface area contributed by atoms with Gasteiger partial charge in [0.1, 0.15) is 6.04 Å². The number of rotatable bonds is 2. The Morgan fingerprint density at radius 2 is 1.95 bits per heavy atom. The fourth-order valence-electron chi connectivity index (χ4n) is 2.14. The predicted octanol–water partition coefficient (Wildman–Crippen LogP) is 4.70. The van der Waals surface area contributed by atoms with Crippen LogP contribution in [0.4, 0.5) is 11.4 Å². The Balaban J connectivity index is 1.95. The zero-order chi connectivity index (χ0) is 14.3. The van der Waals surface area contributed by atoms with Gasteiger partial charge in [0.05, 0.1) is 10.7 Å². The van der Waals surface area contributed by atoms with E-state index in [9.17, 15) is 4.79 Å². The molecule has 2 N–H and O–H groups in total. The Hall–Kier alpha value is -0.980. The number of nitrogens with one attached hydrogen (secondary N) is 2. The van der Waals surface area contributed by atoms with E-state index in [0.29, 0.717) is 10.0 Å². The lowest BCUT2D eigenvalue weighted by atomic mass is 10.1. The summed E-state index contributed by atoms with van der Waals surface area (Å²) in [6, 6.07) is 10.5. The molecule has 2 aromatic rings. The number of carbonyl (C=O) groups is 1. The molecule has 3 nitrogen and oxygen atoms in total. The van der Waals surface area contributed by atoms with E-state index < -0.39 is 6.04 Å². The van der Waals surface area contributed by atoms with Gasteiger partial charge in [-0.05, 0) is 59.0 Å². The number of anilines is 2. The minimum Gasteiger partial charge on any atom is -0.369 e. The number of hydrogen-bond donors (Lipinski definition) is 2. The number of fused-ring (bicyclic) bond motifs is 1. The highest BCUT2D eigenvalue weighted by atomic mass is 127. The standard InChI is InChI=1S/C14H9Cl2IN2O/c15-7-1-3-11-9(5-7)13(14(20)19-11)18-12-4-2-8(17)6-10(12)16/h1-6,13,18H,(H,19,20). The average molecular weight is 419 g/mol. The van der Waals surface area contributed by atoms with E-state index in [0.717, 1.165) is 20.5 Å². The third-order valence-electron chi connectivity index (χ3n) is 3.08. The average Bonchev–Trinajstić information content (AvgIpc) is 2.69. The van der Waals surface area contributed by atoms with Crippen molar-refractivity contribution in [2.75, 3.05) is 10.6 Å². The molecule has 3 rings (SSSR count). The summed E-state index contributed by atoms with van der Waals surface area (Å²) in [6.07, 6.45) is 0. The number of carbonyl (C=O) groups excluding carboxylic acids is 1. The van der Waals surface area contributed by atoms with Gasteiger partial charge in [-0.25, -0.2) is 0 Å². The van der Waals surface area contributed by atoms with Gasteiger partial charge in [0.15, 0.2) is 0 Å². The Labute approximate surface area is 139 Å². The van der Waals surface area contributed by atoms with Crippen molar-refractivity contribution in [1.29, 1.82) is 0 Å². The van der Waals surface area contributed by atoms with Crippen LogP contribution in [0.3, 0.4) is 0 Å². The summed E-state index contributed by atoms with van der Waals surface area (Å²) in [5.41, 5.74) is 2.33. The third kappa shape index (κ3) is 2.60. The lowest BCUT2D eigenvalue weighted by Crippen LogP contribution is -2.19. The quantitative estimate of drug-likeness (QED) is 0.694. The zero-order valence-corrected chi connectivity index (χ0v) is 13.8. The van der Waals surface area contributed by atoms with Gasteiger partial charge in [-0.1, -0.05) is 23.2 Å². The van der Waals surface area contributed by atoms with Crippen LogP contribution in [0.1, 0.15) is 11.6 Å². The maximum Gasteiger partial charge on any atom is 0.251 e. The molecule has 1 aliphatic heterocycles. The monoisotopic (exact) mass is 418 g/mol. The van der Waals surface area contributed by atoms with Crippen molar-refractivity contribution in [1.82, 2.24) is 0 Å². The molecule has 102 valence electrons. The molecule has 0 spiro atoms. The van der Waals surface area contributed by atoms with Crippen LogP contribution < -0.4 is 10.6 Å². The fraction of sp³-hybridized carbons (Fsp3) is 0.0714. The van der Waals surface area contributed by atoms with Gasteiger partial charge >= 0.3 is 0 Å². The number of halogens is 3. The van der Waals surface area contributed by atoms with Gasteiger partial charge in [0.2, 0.25) is 0 Å². The van der Waals surface area contributed by atoms with E-state index in [1.54, 1.807) is 18.2 Å². The van der Waals surface area contributed by atoms with Gasteiger partial charge < -0.3 is 10.6 Å². The highest BCUT2D eigenvalue weighted by Crippen LogP contribution is 2.36. The molecule has 0 aliphatic carbocycles. The van der Waals surface area contributed by atoms with E-state index in [-0.39, 0.29) is 5.91 Å². The first-order valence-corrected chi connectivity index (χ1v) is 7.70. The normalized spacial score (nSPS) is 16.8. The molecule has 0 saturated heterocycles. The summed E-state index contributed by atoms with van der Waals surface area (Å²) in [5.74, 6) is -0.114. The second-order valence-electron chi connectivity index (χ2n) is 4.42. The molecule has 20 heavy (non-hydrogen) atoms. The second kappa shape index (κ2) is 5.42. The molecule has 1 atom stereocenters. The largest absolute Gasteiger partial charge is 0.369 e. The van der Waals surface area contributed by atoms with Crippen molar-refractivity contribution < 1.29 is 4.79 Å². The number of hydrogen-bond acceptors (Lipinski definition) is 2. The van der Waals surface area contributed by atoms with E-state index in [1.165, 1.54) is 0 Å². The molecule has 1 aliphatic rings. The first kappa shape index (κ1) is 14.0. The maximum absolute atomic E-state index is 12.1. The highest BCUT2D eigenvalue weighted by molar-refractivity contribution is 14.1. The number of amides is 1. The van der Waals surface area contributed by atoms with Crippen LogP contribution in [-0.2, 0) is 4.79 Å². The van der Waals surface area contributed by atoms with Crippen molar-refractivity contribution in [2.45, 2.75) is 6.04 Å². The molecule has 6 heteroatoms. The van der Waals surface area contributed by atoms with Crippen LogP contribution in [0.15, 0.2) is 36.4 Å². The van der Waals surface area contributed by atoms with Gasteiger partial charge in [-0.3, -0.25) is 4.79 Å². The summed E-state index contributed by atoms with van der Waals surface area (Å²) in [7, 11) is 0. The molecule has 0 bridgehead atoms. The van der Waals surface area contributed by atoms with Crippen molar-refractivity contribution in [3.8, 4) is 0 Å². The molecule has 1 heterocycles. The van der Waals surface area contributed by atoms with Crippen molar-refractivity contribution in [3.05, 3.63) is 55.6 Å². The SMILES string of the molecule is O=C1Nc2ccc(Cl)cc2C1Nc1ccc(I)cc1Cl. The first-order valence-electron chi connectivity index (χ1n) is 5.86. The second-order valence-corrected chi connectivity index (χ2v) is 6.51. The lowest BCUT2D eigenvalue weighted by Gasteiger charge is -2.14. The smallest absolute Gasteiger partial charge is 0.251 e. The summed E-state index contributed by atoms with van der Waals surface area (Å²) in [4.78, 5) is 12.1. The van der Waals surface area contributed by atoms with E-state index in [2.05, 4.69) is 33.2 Å². The lowest BCUT2D eigenvalue weighted by molar-refractivity contribution is -0.116. The molecule has 2 aromatic carbocycles. The molecule has 1 unspecified atom stereocenters. The predicted molar refractivity (Wildman–Crippen MR) is 90.6 cm³/mol. The summed E-state index contributed by atoms with van der Waals surface area (Å²) >= 11 is 14.4. The van der Waals surface area contributed by atoms with Gasteiger partial charge in [-0.15, -0.1) is 0 Å². The Bertz CT molecular complexity index is 706. The molecule has 0 fully saturated rings. The minimum absolute atomic E-state index is 0.114. The van der Waals surface area contributed by atoms with Crippen LogP contribution in [0.2, 0.25) is 10.0 Å². The van der Waals surface area contributed by atoms with Crippen LogP contribution in [0, 0.1) is 3.57 Å². The third-order valence-corrected chi connectivity index (χ3v) is 4.29. The molecule has 0 radical (unpaired) electrons. The van der Waals surface area contributed by atoms with Crippen LogP contribution in [-0.4, -0.2) is 5.91 Å². The van der Waals surface area contributed by atoms with Gasteiger partial charge in [0, 0.05) is 19.8 Å². The number of benzene rings is 2.